The summed E-state index contributed by atoms with van der Waals surface area (Å²) in [5, 5.41) is 8.94. The average molecular weight is 341 g/mol. The van der Waals surface area contributed by atoms with E-state index >= 15 is 0 Å². The predicted molar refractivity (Wildman–Crippen MR) is 78.6 cm³/mol. The topological polar surface area (TPSA) is 60.9 Å². The molecule has 0 saturated carbocycles. The van der Waals surface area contributed by atoms with Crippen LogP contribution in [0.2, 0.25) is 0 Å². The molecule has 0 aromatic heterocycles. The summed E-state index contributed by atoms with van der Waals surface area (Å²) in [6.45, 7) is 2.70. The second-order valence-electron chi connectivity index (χ2n) is 4.99. The van der Waals surface area contributed by atoms with Crippen LogP contribution < -0.4 is 0 Å². The van der Waals surface area contributed by atoms with E-state index in [2.05, 4.69) is 20.8 Å². The first-order valence-electron chi connectivity index (χ1n) is 6.45. The third kappa shape index (κ3) is 3.58. The Morgan fingerprint density at radius 2 is 2.15 bits per heavy atom. The molecule has 1 aliphatic rings. The van der Waals surface area contributed by atoms with Crippen LogP contribution in [-0.2, 0) is 11.3 Å². The van der Waals surface area contributed by atoms with Gasteiger partial charge in [0.05, 0.1) is 12.1 Å². The number of halogens is 1. The number of aromatic carboxylic acids is 1. The molecule has 5 nitrogen and oxygen atoms in total. The van der Waals surface area contributed by atoms with Gasteiger partial charge in [-0.2, -0.15) is 0 Å². The summed E-state index contributed by atoms with van der Waals surface area (Å²) in [5.41, 5.74) is 1.25. The van der Waals surface area contributed by atoms with Gasteiger partial charge in [0.25, 0.3) is 0 Å². The summed E-state index contributed by atoms with van der Waals surface area (Å²) in [6.07, 6.45) is 0.951. The van der Waals surface area contributed by atoms with E-state index < -0.39 is 5.97 Å². The fourth-order valence-corrected chi connectivity index (χ4v) is 2.74. The maximum Gasteiger partial charge on any atom is 0.335 e. The van der Waals surface area contributed by atoms with E-state index in [4.69, 9.17) is 5.11 Å². The molecule has 0 spiro atoms. The van der Waals surface area contributed by atoms with Gasteiger partial charge in [-0.25, -0.2) is 4.79 Å². The summed E-state index contributed by atoms with van der Waals surface area (Å²) in [6, 6.07) is 4.99. The predicted octanol–water partition coefficient (Wildman–Crippen LogP) is 1.81. The Morgan fingerprint density at radius 1 is 1.40 bits per heavy atom. The number of carbonyl (C=O) groups is 2. The van der Waals surface area contributed by atoms with Crippen molar-refractivity contribution in [1.29, 1.82) is 0 Å². The summed E-state index contributed by atoms with van der Waals surface area (Å²) in [7, 11) is 1.82. The molecule has 6 heteroatoms. The second-order valence-corrected chi connectivity index (χ2v) is 5.85. The van der Waals surface area contributed by atoms with Crippen molar-refractivity contribution in [1.82, 2.24) is 9.80 Å². The number of likely N-dealkylation sites (N-methyl/N-ethyl adjacent to an activating group) is 1. The zero-order chi connectivity index (χ0) is 14.7. The Balaban J connectivity index is 2.09. The summed E-state index contributed by atoms with van der Waals surface area (Å²) < 4.78 is 0.766. The molecule has 108 valence electrons. The van der Waals surface area contributed by atoms with Gasteiger partial charge in [-0.3, -0.25) is 9.69 Å². The fourth-order valence-electron chi connectivity index (χ4n) is 2.23. The summed E-state index contributed by atoms with van der Waals surface area (Å²) in [4.78, 5) is 26.6. The monoisotopic (exact) mass is 340 g/mol. The van der Waals surface area contributed by atoms with Gasteiger partial charge in [0.2, 0.25) is 5.91 Å². The summed E-state index contributed by atoms with van der Waals surface area (Å²) in [5.74, 6) is -0.815. The van der Waals surface area contributed by atoms with E-state index in [9.17, 15) is 9.59 Å². The smallest absolute Gasteiger partial charge is 0.335 e. The third-order valence-corrected chi connectivity index (χ3v) is 4.18. The van der Waals surface area contributed by atoms with Gasteiger partial charge in [0.1, 0.15) is 0 Å². The number of benzene rings is 1. The molecule has 0 bridgehead atoms. The molecular formula is C14H17BrN2O3. The minimum atomic E-state index is -0.941. The zero-order valence-electron chi connectivity index (χ0n) is 11.3. The highest BCUT2D eigenvalue weighted by Crippen LogP contribution is 2.21. The Kier molecular flexibility index (Phi) is 4.77. The number of rotatable bonds is 3. The van der Waals surface area contributed by atoms with Crippen LogP contribution in [0.4, 0.5) is 0 Å². The van der Waals surface area contributed by atoms with Crippen molar-refractivity contribution < 1.29 is 14.7 Å². The van der Waals surface area contributed by atoms with Crippen LogP contribution in [0.5, 0.6) is 0 Å². The number of carboxylic acid groups (broad SMARTS) is 1. The molecule has 1 aromatic rings. The van der Waals surface area contributed by atoms with E-state index in [0.717, 1.165) is 29.5 Å². The first-order valence-corrected chi connectivity index (χ1v) is 7.24. The molecule has 0 aliphatic carbocycles. The highest BCUT2D eigenvalue weighted by atomic mass is 79.9. The van der Waals surface area contributed by atoms with Gasteiger partial charge in [-0.15, -0.1) is 0 Å². The van der Waals surface area contributed by atoms with Crippen LogP contribution in [0.3, 0.4) is 0 Å². The van der Waals surface area contributed by atoms with Crippen molar-refractivity contribution in [3.8, 4) is 0 Å². The minimum absolute atomic E-state index is 0.126. The first kappa shape index (κ1) is 15.0. The van der Waals surface area contributed by atoms with E-state index in [0.29, 0.717) is 13.1 Å². The van der Waals surface area contributed by atoms with Gasteiger partial charge < -0.3 is 10.0 Å². The number of hydrogen-bond donors (Lipinski definition) is 1. The standard InChI is InChI=1S/C14H17BrN2O3/c1-16-5-2-6-17(9-13(16)18)8-11-4-3-10(14(19)20)7-12(11)15/h3-4,7H,2,5-6,8-9H2,1H3,(H,19,20). The van der Waals surface area contributed by atoms with Gasteiger partial charge in [0.15, 0.2) is 0 Å². The van der Waals surface area contributed by atoms with Gasteiger partial charge in [-0.1, -0.05) is 22.0 Å². The van der Waals surface area contributed by atoms with Crippen molar-refractivity contribution in [3.63, 3.8) is 0 Å². The average Bonchev–Trinajstić information content (AvgIpc) is 2.54. The second kappa shape index (κ2) is 6.37. The number of amides is 1. The van der Waals surface area contributed by atoms with Crippen molar-refractivity contribution in [2.45, 2.75) is 13.0 Å². The Morgan fingerprint density at radius 3 is 2.80 bits per heavy atom. The molecule has 0 unspecified atom stereocenters. The highest BCUT2D eigenvalue weighted by molar-refractivity contribution is 9.10. The molecule has 0 radical (unpaired) electrons. The van der Waals surface area contributed by atoms with Crippen molar-refractivity contribution in [2.24, 2.45) is 0 Å². The number of nitrogens with zero attached hydrogens (tertiary/aromatic N) is 2. The van der Waals surface area contributed by atoms with E-state index in [-0.39, 0.29) is 11.5 Å². The maximum absolute atomic E-state index is 11.8. The van der Waals surface area contributed by atoms with Crippen LogP contribution in [0.25, 0.3) is 0 Å². The number of carbonyl (C=O) groups excluding carboxylic acids is 1. The molecule has 1 heterocycles. The van der Waals surface area contributed by atoms with Gasteiger partial charge >= 0.3 is 5.97 Å². The van der Waals surface area contributed by atoms with Gasteiger partial charge in [-0.05, 0) is 24.1 Å². The first-order chi connectivity index (χ1) is 9.47. The third-order valence-electron chi connectivity index (χ3n) is 3.45. The summed E-state index contributed by atoms with van der Waals surface area (Å²) >= 11 is 3.40. The Labute approximate surface area is 126 Å². The molecule has 0 atom stereocenters. The number of hydrogen-bond acceptors (Lipinski definition) is 3. The quantitative estimate of drug-likeness (QED) is 0.911. The molecule has 1 N–H and O–H groups in total. The molecular weight excluding hydrogens is 324 g/mol. The van der Waals surface area contributed by atoms with Gasteiger partial charge in [0, 0.05) is 31.2 Å². The van der Waals surface area contributed by atoms with Crippen molar-refractivity contribution >= 4 is 27.8 Å². The molecule has 20 heavy (non-hydrogen) atoms. The number of carboxylic acids is 1. The maximum atomic E-state index is 11.8. The van der Waals surface area contributed by atoms with Crippen LogP contribution >= 0.6 is 15.9 Å². The SMILES string of the molecule is CN1CCCN(Cc2ccc(C(=O)O)cc2Br)CC1=O. The molecule has 1 saturated heterocycles. The largest absolute Gasteiger partial charge is 0.478 e. The van der Waals surface area contributed by atoms with Crippen LogP contribution in [-0.4, -0.2) is 53.5 Å². The van der Waals surface area contributed by atoms with E-state index in [1.165, 1.54) is 0 Å². The normalized spacial score (nSPS) is 17.1. The fraction of sp³-hybridized carbons (Fsp3) is 0.429. The van der Waals surface area contributed by atoms with Crippen molar-refractivity contribution in [2.75, 3.05) is 26.7 Å². The lowest BCUT2D eigenvalue weighted by atomic mass is 10.1. The lowest BCUT2D eigenvalue weighted by molar-refractivity contribution is -0.130. The molecule has 1 fully saturated rings. The zero-order valence-corrected chi connectivity index (χ0v) is 12.9. The van der Waals surface area contributed by atoms with E-state index in [1.54, 1.807) is 23.1 Å². The molecule has 1 aliphatic heterocycles. The Bertz CT molecular complexity index is 533. The molecule has 1 amide bonds. The van der Waals surface area contributed by atoms with Crippen LogP contribution in [0.1, 0.15) is 22.3 Å². The lowest BCUT2D eigenvalue weighted by Gasteiger charge is -2.20. The molecule has 2 rings (SSSR count). The lowest BCUT2D eigenvalue weighted by Crippen LogP contribution is -2.34. The minimum Gasteiger partial charge on any atom is -0.478 e. The van der Waals surface area contributed by atoms with Crippen LogP contribution in [0.15, 0.2) is 22.7 Å². The molecule has 1 aromatic carbocycles. The highest BCUT2D eigenvalue weighted by Gasteiger charge is 2.19. The van der Waals surface area contributed by atoms with E-state index in [1.807, 2.05) is 7.05 Å². The van der Waals surface area contributed by atoms with Crippen molar-refractivity contribution in [3.05, 3.63) is 33.8 Å². The Hall–Kier alpha value is -1.40. The van der Waals surface area contributed by atoms with Crippen LogP contribution in [0, 0.1) is 0 Å².